The summed E-state index contributed by atoms with van der Waals surface area (Å²) >= 11 is 5.01. The first-order valence-electron chi connectivity index (χ1n) is 6.56. The lowest BCUT2D eigenvalue weighted by molar-refractivity contribution is 0.604. The Balaban J connectivity index is 2.09. The van der Waals surface area contributed by atoms with Crippen molar-refractivity contribution in [3.8, 4) is 0 Å². The average molecular weight is 356 g/mol. The monoisotopic (exact) mass is 355 g/mol. The number of aryl methyl sites for hydroxylation is 1. The largest absolute Gasteiger partial charge is 0.380 e. The number of halogens is 2. The highest BCUT2D eigenvalue weighted by Gasteiger charge is 2.16. The number of nitrogens with one attached hydrogen (secondary N) is 1. The van der Waals surface area contributed by atoms with Crippen LogP contribution in [-0.4, -0.2) is 0 Å². The van der Waals surface area contributed by atoms with E-state index >= 15 is 0 Å². The van der Waals surface area contributed by atoms with E-state index in [9.17, 15) is 4.39 Å². The van der Waals surface area contributed by atoms with Crippen LogP contribution in [0.25, 0.3) is 0 Å². The fourth-order valence-corrected chi connectivity index (χ4v) is 3.36. The second-order valence-corrected chi connectivity index (χ2v) is 7.97. The number of hydrogen-bond acceptors (Lipinski definition) is 2. The van der Waals surface area contributed by atoms with Crippen molar-refractivity contribution in [2.75, 3.05) is 5.32 Å². The lowest BCUT2D eigenvalue weighted by atomic mass is 9.95. The molecule has 1 heterocycles. The minimum Gasteiger partial charge on any atom is -0.380 e. The summed E-state index contributed by atoms with van der Waals surface area (Å²) in [6.07, 6.45) is 0. The van der Waals surface area contributed by atoms with Crippen molar-refractivity contribution in [1.82, 2.24) is 0 Å². The third-order valence-corrected chi connectivity index (χ3v) is 5.24. The van der Waals surface area contributed by atoms with E-state index in [1.807, 2.05) is 6.92 Å². The van der Waals surface area contributed by atoms with Crippen LogP contribution in [0.2, 0.25) is 0 Å². The van der Waals surface area contributed by atoms with Gasteiger partial charge in [0.2, 0.25) is 0 Å². The highest BCUT2D eigenvalue weighted by Crippen LogP contribution is 2.30. The zero-order valence-corrected chi connectivity index (χ0v) is 14.6. The number of rotatable bonds is 3. The van der Waals surface area contributed by atoms with E-state index in [0.29, 0.717) is 4.47 Å². The molecule has 0 bridgehead atoms. The predicted octanol–water partition coefficient (Wildman–Crippen LogP) is 5.87. The first-order chi connectivity index (χ1) is 9.27. The van der Waals surface area contributed by atoms with Gasteiger partial charge in [-0.25, -0.2) is 4.39 Å². The summed E-state index contributed by atoms with van der Waals surface area (Å²) in [5.41, 5.74) is 2.06. The molecule has 0 amide bonds. The molecular weight excluding hydrogens is 337 g/mol. The quantitative estimate of drug-likeness (QED) is 0.725. The molecule has 0 unspecified atom stereocenters. The molecule has 1 aromatic carbocycles. The van der Waals surface area contributed by atoms with E-state index in [-0.39, 0.29) is 11.2 Å². The Hall–Kier alpha value is -0.870. The molecule has 108 valence electrons. The minimum absolute atomic E-state index is 0.183. The number of anilines is 1. The fraction of sp³-hybridized carbons (Fsp3) is 0.375. The summed E-state index contributed by atoms with van der Waals surface area (Å²) in [4.78, 5) is 2.63. The minimum atomic E-state index is -0.236. The first kappa shape index (κ1) is 15.5. The Morgan fingerprint density at radius 1 is 1.25 bits per heavy atom. The first-order valence-corrected chi connectivity index (χ1v) is 8.17. The Labute approximate surface area is 132 Å². The maximum atomic E-state index is 13.6. The number of benzene rings is 1. The summed E-state index contributed by atoms with van der Waals surface area (Å²) in [5, 5.41) is 3.31. The smallest absolute Gasteiger partial charge is 0.139 e. The highest BCUT2D eigenvalue weighted by atomic mass is 79.9. The normalized spacial score (nSPS) is 11.7. The molecule has 2 rings (SSSR count). The second-order valence-electron chi connectivity index (χ2n) is 5.95. The van der Waals surface area contributed by atoms with Gasteiger partial charge in [-0.1, -0.05) is 20.8 Å². The lowest BCUT2D eigenvalue weighted by Gasteiger charge is -2.15. The van der Waals surface area contributed by atoms with Crippen molar-refractivity contribution in [3.63, 3.8) is 0 Å². The van der Waals surface area contributed by atoms with Crippen LogP contribution < -0.4 is 5.32 Å². The number of thiophene rings is 1. The molecule has 0 spiro atoms. The zero-order chi connectivity index (χ0) is 14.9. The van der Waals surface area contributed by atoms with E-state index in [2.05, 4.69) is 54.2 Å². The summed E-state index contributed by atoms with van der Waals surface area (Å²) in [6.45, 7) is 9.34. The van der Waals surface area contributed by atoms with Gasteiger partial charge in [0.25, 0.3) is 0 Å². The van der Waals surface area contributed by atoms with Gasteiger partial charge in [0, 0.05) is 22.0 Å². The van der Waals surface area contributed by atoms with Gasteiger partial charge in [0.05, 0.1) is 4.47 Å². The van der Waals surface area contributed by atoms with Gasteiger partial charge in [-0.3, -0.25) is 0 Å². The van der Waals surface area contributed by atoms with Crippen molar-refractivity contribution < 1.29 is 4.39 Å². The van der Waals surface area contributed by atoms with E-state index < -0.39 is 0 Å². The summed E-state index contributed by atoms with van der Waals surface area (Å²) < 4.78 is 14.1. The van der Waals surface area contributed by atoms with Crippen molar-refractivity contribution in [2.24, 2.45) is 0 Å². The zero-order valence-electron chi connectivity index (χ0n) is 12.2. The second kappa shape index (κ2) is 5.86. The average Bonchev–Trinajstić information content (AvgIpc) is 2.80. The van der Waals surface area contributed by atoms with Gasteiger partial charge in [-0.05, 0) is 58.1 Å². The summed E-state index contributed by atoms with van der Waals surface area (Å²) in [5.74, 6) is -0.236. The van der Waals surface area contributed by atoms with Gasteiger partial charge in [-0.2, -0.15) is 0 Å². The topological polar surface area (TPSA) is 12.0 Å². The molecule has 1 nitrogen and oxygen atoms in total. The summed E-state index contributed by atoms with van der Waals surface area (Å²) in [6, 6.07) is 7.66. The van der Waals surface area contributed by atoms with Crippen molar-refractivity contribution in [1.29, 1.82) is 0 Å². The van der Waals surface area contributed by atoms with Gasteiger partial charge in [0.15, 0.2) is 0 Å². The predicted molar refractivity (Wildman–Crippen MR) is 89.2 cm³/mol. The van der Waals surface area contributed by atoms with Crippen molar-refractivity contribution in [2.45, 2.75) is 39.7 Å². The molecule has 0 atom stereocenters. The molecule has 0 saturated heterocycles. The highest BCUT2D eigenvalue weighted by molar-refractivity contribution is 9.10. The molecule has 0 aliphatic heterocycles. The Morgan fingerprint density at radius 2 is 1.95 bits per heavy atom. The molecule has 0 aliphatic carbocycles. The van der Waals surface area contributed by atoms with E-state index in [1.54, 1.807) is 17.4 Å². The molecule has 1 N–H and O–H groups in total. The Morgan fingerprint density at radius 3 is 2.55 bits per heavy atom. The van der Waals surface area contributed by atoms with Crippen LogP contribution in [0.5, 0.6) is 0 Å². The van der Waals surface area contributed by atoms with E-state index in [1.165, 1.54) is 15.8 Å². The SMILES string of the molecule is Cc1cc(Br)c(F)cc1NCc1ccc(C(C)(C)C)s1. The van der Waals surface area contributed by atoms with Crippen LogP contribution in [0.15, 0.2) is 28.7 Å². The van der Waals surface area contributed by atoms with Gasteiger partial charge in [0.1, 0.15) is 5.82 Å². The van der Waals surface area contributed by atoms with Gasteiger partial charge < -0.3 is 5.32 Å². The van der Waals surface area contributed by atoms with Crippen molar-refractivity contribution >= 4 is 33.0 Å². The van der Waals surface area contributed by atoms with Crippen LogP contribution in [0.3, 0.4) is 0 Å². The molecule has 2 aromatic rings. The molecule has 0 radical (unpaired) electrons. The Kier molecular flexibility index (Phi) is 4.55. The van der Waals surface area contributed by atoms with Gasteiger partial charge >= 0.3 is 0 Å². The molecule has 0 saturated carbocycles. The fourth-order valence-electron chi connectivity index (χ4n) is 1.90. The number of hydrogen-bond donors (Lipinski definition) is 1. The molecule has 20 heavy (non-hydrogen) atoms. The molecule has 1 aromatic heterocycles. The molecule has 0 fully saturated rings. The maximum Gasteiger partial charge on any atom is 0.139 e. The van der Waals surface area contributed by atoms with E-state index in [0.717, 1.165) is 17.8 Å². The van der Waals surface area contributed by atoms with Crippen LogP contribution in [0.4, 0.5) is 10.1 Å². The third kappa shape index (κ3) is 3.61. The third-order valence-electron chi connectivity index (χ3n) is 3.12. The van der Waals surface area contributed by atoms with Crippen LogP contribution in [0, 0.1) is 12.7 Å². The maximum absolute atomic E-state index is 13.6. The molecule has 0 aliphatic rings. The van der Waals surface area contributed by atoms with Crippen LogP contribution in [-0.2, 0) is 12.0 Å². The van der Waals surface area contributed by atoms with Crippen LogP contribution in [0.1, 0.15) is 36.1 Å². The molecule has 4 heteroatoms. The van der Waals surface area contributed by atoms with Crippen LogP contribution >= 0.6 is 27.3 Å². The summed E-state index contributed by atoms with van der Waals surface area (Å²) in [7, 11) is 0. The molecular formula is C16H19BrFNS. The lowest BCUT2D eigenvalue weighted by Crippen LogP contribution is -2.07. The standard InChI is InChI=1S/C16H19BrFNS/c1-10-7-12(17)13(18)8-14(10)19-9-11-5-6-15(20-11)16(2,3)4/h5-8,19H,9H2,1-4H3. The van der Waals surface area contributed by atoms with E-state index in [4.69, 9.17) is 0 Å². The van der Waals surface area contributed by atoms with Crippen molar-refractivity contribution in [3.05, 3.63) is 49.9 Å². The van der Waals surface area contributed by atoms with Gasteiger partial charge in [-0.15, -0.1) is 11.3 Å². The Bertz CT molecular complexity index is 613.